The number of carbonyl (C=O) groups excluding carboxylic acids is 1. The molecule has 1 saturated heterocycles. The molecule has 0 radical (unpaired) electrons. The van der Waals surface area contributed by atoms with Gasteiger partial charge in [0.05, 0.1) is 11.6 Å². The first-order chi connectivity index (χ1) is 11.2. The highest BCUT2D eigenvalue weighted by molar-refractivity contribution is 5.82. The number of carbonyl (C=O) groups is 1. The number of piperazine rings is 1. The van der Waals surface area contributed by atoms with E-state index in [1.807, 2.05) is 18.7 Å². The zero-order chi connectivity index (χ0) is 17.9. The van der Waals surface area contributed by atoms with E-state index in [4.69, 9.17) is 5.73 Å². The van der Waals surface area contributed by atoms with Crippen LogP contribution >= 0.6 is 0 Å². The molecule has 0 aliphatic carbocycles. The first kappa shape index (κ1) is 18.6. The Hall–Kier alpha value is -1.76. The van der Waals surface area contributed by atoms with Crippen LogP contribution in [-0.2, 0) is 11.0 Å². The SMILES string of the molecule is CCC(C)C(N)C(=O)N1CCN(c2cccc(C(F)(F)F)c2)CC1. The van der Waals surface area contributed by atoms with E-state index in [-0.39, 0.29) is 11.8 Å². The monoisotopic (exact) mass is 343 g/mol. The summed E-state index contributed by atoms with van der Waals surface area (Å²) in [4.78, 5) is 15.9. The highest BCUT2D eigenvalue weighted by Crippen LogP contribution is 2.31. The molecule has 7 heteroatoms. The van der Waals surface area contributed by atoms with Crippen LogP contribution in [0, 0.1) is 5.92 Å². The minimum atomic E-state index is -4.35. The van der Waals surface area contributed by atoms with Crippen LogP contribution in [0.25, 0.3) is 0 Å². The highest BCUT2D eigenvalue weighted by atomic mass is 19.4. The summed E-state index contributed by atoms with van der Waals surface area (Å²) >= 11 is 0. The lowest BCUT2D eigenvalue weighted by Crippen LogP contribution is -2.54. The molecule has 134 valence electrons. The van der Waals surface area contributed by atoms with Crippen LogP contribution in [0.15, 0.2) is 24.3 Å². The molecule has 2 atom stereocenters. The second kappa shape index (κ2) is 7.42. The summed E-state index contributed by atoms with van der Waals surface area (Å²) in [7, 11) is 0. The van der Waals surface area contributed by atoms with Gasteiger partial charge in [-0.25, -0.2) is 0 Å². The molecule has 4 nitrogen and oxygen atoms in total. The summed E-state index contributed by atoms with van der Waals surface area (Å²) in [5, 5.41) is 0. The molecule has 1 aliphatic heterocycles. The Morgan fingerprint density at radius 2 is 1.88 bits per heavy atom. The lowest BCUT2D eigenvalue weighted by Gasteiger charge is -2.38. The van der Waals surface area contributed by atoms with Crippen molar-refractivity contribution in [2.24, 2.45) is 11.7 Å². The molecule has 0 bridgehead atoms. The minimum absolute atomic E-state index is 0.0759. The average molecular weight is 343 g/mol. The normalized spacial score (nSPS) is 18.4. The van der Waals surface area contributed by atoms with Gasteiger partial charge in [0, 0.05) is 31.9 Å². The van der Waals surface area contributed by atoms with E-state index in [1.54, 1.807) is 11.0 Å². The number of hydrogen-bond donors (Lipinski definition) is 1. The Bertz CT molecular complexity index is 568. The van der Waals surface area contributed by atoms with Crippen LogP contribution in [0.4, 0.5) is 18.9 Å². The molecule has 1 heterocycles. The third kappa shape index (κ3) is 4.20. The number of rotatable bonds is 4. The van der Waals surface area contributed by atoms with Crippen molar-refractivity contribution in [2.45, 2.75) is 32.5 Å². The highest BCUT2D eigenvalue weighted by Gasteiger charge is 2.32. The molecule has 2 unspecified atom stereocenters. The maximum absolute atomic E-state index is 12.8. The van der Waals surface area contributed by atoms with Crippen LogP contribution in [0.5, 0.6) is 0 Å². The number of amides is 1. The molecule has 1 fully saturated rings. The van der Waals surface area contributed by atoms with Crippen LogP contribution in [-0.4, -0.2) is 43.0 Å². The van der Waals surface area contributed by atoms with Gasteiger partial charge < -0.3 is 15.5 Å². The molecule has 1 amide bonds. The first-order valence-electron chi connectivity index (χ1n) is 8.20. The quantitative estimate of drug-likeness (QED) is 0.914. The maximum Gasteiger partial charge on any atom is 0.416 e. The number of anilines is 1. The van der Waals surface area contributed by atoms with Gasteiger partial charge in [-0.2, -0.15) is 13.2 Å². The summed E-state index contributed by atoms with van der Waals surface area (Å²) in [5.74, 6) is 0.0343. The standard InChI is InChI=1S/C17H24F3N3O/c1-3-12(2)15(21)16(24)23-9-7-22(8-10-23)14-6-4-5-13(11-14)17(18,19)20/h4-6,11-12,15H,3,7-10,21H2,1-2H3. The molecular formula is C17H24F3N3O. The lowest BCUT2D eigenvalue weighted by molar-refractivity contribution is -0.137. The second-order valence-corrected chi connectivity index (χ2v) is 6.27. The molecule has 0 spiro atoms. The first-order valence-corrected chi connectivity index (χ1v) is 8.20. The third-order valence-corrected chi connectivity index (χ3v) is 4.67. The summed E-state index contributed by atoms with van der Waals surface area (Å²) in [5.41, 5.74) is 5.86. The van der Waals surface area contributed by atoms with Crippen LogP contribution in [0.2, 0.25) is 0 Å². The van der Waals surface area contributed by atoms with E-state index in [0.717, 1.165) is 18.6 Å². The van der Waals surface area contributed by atoms with Crippen molar-refractivity contribution in [3.63, 3.8) is 0 Å². The van der Waals surface area contributed by atoms with E-state index in [2.05, 4.69) is 0 Å². The predicted octanol–water partition coefficient (Wildman–Crippen LogP) is 2.73. The van der Waals surface area contributed by atoms with Crippen molar-refractivity contribution >= 4 is 11.6 Å². The number of halogens is 3. The van der Waals surface area contributed by atoms with Crippen molar-refractivity contribution in [3.8, 4) is 0 Å². The van der Waals surface area contributed by atoms with E-state index >= 15 is 0 Å². The fourth-order valence-corrected chi connectivity index (χ4v) is 2.77. The van der Waals surface area contributed by atoms with Gasteiger partial charge in [-0.05, 0) is 24.1 Å². The van der Waals surface area contributed by atoms with Crippen LogP contribution in [0.3, 0.4) is 0 Å². The van der Waals surface area contributed by atoms with Gasteiger partial charge in [0.25, 0.3) is 0 Å². The van der Waals surface area contributed by atoms with Gasteiger partial charge in [-0.15, -0.1) is 0 Å². The van der Waals surface area contributed by atoms with Gasteiger partial charge in [-0.1, -0.05) is 26.3 Å². The maximum atomic E-state index is 12.8. The van der Waals surface area contributed by atoms with Crippen LogP contribution < -0.4 is 10.6 Å². The van der Waals surface area contributed by atoms with Crippen molar-refractivity contribution in [1.82, 2.24) is 4.90 Å². The molecule has 2 N–H and O–H groups in total. The minimum Gasteiger partial charge on any atom is -0.368 e. The van der Waals surface area contributed by atoms with Gasteiger partial charge in [0.2, 0.25) is 5.91 Å². The molecule has 24 heavy (non-hydrogen) atoms. The molecule has 0 saturated carbocycles. The smallest absolute Gasteiger partial charge is 0.368 e. The molecule has 1 aromatic carbocycles. The number of hydrogen-bond acceptors (Lipinski definition) is 3. The van der Waals surface area contributed by atoms with E-state index in [1.165, 1.54) is 6.07 Å². The van der Waals surface area contributed by atoms with Crippen molar-refractivity contribution in [3.05, 3.63) is 29.8 Å². The zero-order valence-corrected chi connectivity index (χ0v) is 14.0. The van der Waals surface area contributed by atoms with E-state index in [9.17, 15) is 18.0 Å². The van der Waals surface area contributed by atoms with Gasteiger partial charge in [0.1, 0.15) is 0 Å². The Kier molecular flexibility index (Phi) is 5.74. The Morgan fingerprint density at radius 3 is 2.42 bits per heavy atom. The molecule has 1 aliphatic rings. The zero-order valence-electron chi connectivity index (χ0n) is 14.0. The number of nitrogens with zero attached hydrogens (tertiary/aromatic N) is 2. The molecule has 2 rings (SSSR count). The van der Waals surface area contributed by atoms with E-state index in [0.29, 0.717) is 31.9 Å². The summed E-state index contributed by atoms with van der Waals surface area (Å²) < 4.78 is 38.4. The van der Waals surface area contributed by atoms with Crippen molar-refractivity contribution < 1.29 is 18.0 Å². The van der Waals surface area contributed by atoms with Crippen molar-refractivity contribution in [2.75, 3.05) is 31.1 Å². The van der Waals surface area contributed by atoms with Crippen molar-refractivity contribution in [1.29, 1.82) is 0 Å². The Labute approximate surface area is 140 Å². The summed E-state index contributed by atoms with van der Waals surface area (Å²) in [6, 6.07) is 4.78. The fourth-order valence-electron chi connectivity index (χ4n) is 2.77. The summed E-state index contributed by atoms with van der Waals surface area (Å²) in [6.45, 7) is 5.88. The Balaban J connectivity index is 1.99. The molecular weight excluding hydrogens is 319 g/mol. The topological polar surface area (TPSA) is 49.6 Å². The number of alkyl halides is 3. The fraction of sp³-hybridized carbons (Fsp3) is 0.588. The number of benzene rings is 1. The van der Waals surface area contributed by atoms with Gasteiger partial charge >= 0.3 is 6.18 Å². The largest absolute Gasteiger partial charge is 0.416 e. The molecule has 1 aromatic rings. The van der Waals surface area contributed by atoms with Gasteiger partial charge in [0.15, 0.2) is 0 Å². The van der Waals surface area contributed by atoms with Gasteiger partial charge in [-0.3, -0.25) is 4.79 Å². The number of nitrogens with two attached hydrogens (primary N) is 1. The van der Waals surface area contributed by atoms with Crippen LogP contribution in [0.1, 0.15) is 25.8 Å². The third-order valence-electron chi connectivity index (χ3n) is 4.67. The second-order valence-electron chi connectivity index (χ2n) is 6.27. The lowest BCUT2D eigenvalue weighted by atomic mass is 9.98. The molecule has 0 aromatic heterocycles. The predicted molar refractivity (Wildman–Crippen MR) is 87.7 cm³/mol. The summed E-state index contributed by atoms with van der Waals surface area (Å²) in [6.07, 6.45) is -3.52. The average Bonchev–Trinajstić information content (AvgIpc) is 2.59. The van der Waals surface area contributed by atoms with E-state index < -0.39 is 17.8 Å². The Morgan fingerprint density at radius 1 is 1.25 bits per heavy atom.